The van der Waals surface area contributed by atoms with E-state index in [9.17, 15) is 4.79 Å². The molecular weight excluding hydrogens is 136 g/mol. The molecule has 0 aromatic rings. The Morgan fingerprint density at radius 3 is 2.82 bits per heavy atom. The average Bonchev–Trinajstić information content (AvgIpc) is 1.97. The van der Waals surface area contributed by atoms with Crippen molar-refractivity contribution in [2.45, 2.75) is 26.7 Å². The number of aldehydes is 1. The maximum atomic E-state index is 10.5. The zero-order valence-electron chi connectivity index (χ0n) is 7.18. The number of rotatable bonds is 1. The molecule has 0 amide bonds. The van der Waals surface area contributed by atoms with Gasteiger partial charge in [-0.3, -0.25) is 4.79 Å². The zero-order valence-corrected chi connectivity index (χ0v) is 7.18. The van der Waals surface area contributed by atoms with Gasteiger partial charge < -0.3 is 0 Å². The van der Waals surface area contributed by atoms with Crippen molar-refractivity contribution in [3.63, 3.8) is 0 Å². The predicted molar refractivity (Wildman–Crippen MR) is 46.3 cm³/mol. The Labute approximate surface area is 67.8 Å². The van der Waals surface area contributed by atoms with Gasteiger partial charge in [0, 0.05) is 0 Å². The van der Waals surface area contributed by atoms with E-state index in [4.69, 9.17) is 0 Å². The van der Waals surface area contributed by atoms with E-state index in [1.165, 1.54) is 11.1 Å². The second kappa shape index (κ2) is 3.04. The van der Waals surface area contributed by atoms with Crippen molar-refractivity contribution in [3.05, 3.63) is 23.3 Å². The van der Waals surface area contributed by atoms with Gasteiger partial charge in [0.2, 0.25) is 0 Å². The van der Waals surface area contributed by atoms with Crippen molar-refractivity contribution in [1.29, 1.82) is 0 Å². The maximum Gasteiger partial charge on any atom is 0.145 e. The van der Waals surface area contributed by atoms with Crippen LogP contribution in [0.3, 0.4) is 0 Å². The maximum absolute atomic E-state index is 10.5. The summed E-state index contributed by atoms with van der Waals surface area (Å²) in [5.41, 5.74) is 3.43. The van der Waals surface area contributed by atoms with E-state index >= 15 is 0 Å². The van der Waals surface area contributed by atoms with Crippen LogP contribution in [0.15, 0.2) is 23.3 Å². The van der Waals surface area contributed by atoms with Crippen molar-refractivity contribution in [1.82, 2.24) is 0 Å². The zero-order chi connectivity index (χ0) is 8.43. The molecule has 0 aromatic carbocycles. The Morgan fingerprint density at radius 1 is 1.64 bits per heavy atom. The molecule has 0 heterocycles. The summed E-state index contributed by atoms with van der Waals surface area (Å²) in [6.45, 7) is 8.10. The first-order valence-corrected chi connectivity index (χ1v) is 3.96. The fourth-order valence-electron chi connectivity index (χ4n) is 1.43. The van der Waals surface area contributed by atoms with Crippen LogP contribution in [0, 0.1) is 5.92 Å². The molecule has 1 aliphatic rings. The number of carbonyl (C=O) groups is 1. The second-order valence-corrected chi connectivity index (χ2v) is 3.36. The van der Waals surface area contributed by atoms with Crippen LogP contribution >= 0.6 is 0 Å². The van der Waals surface area contributed by atoms with Gasteiger partial charge >= 0.3 is 0 Å². The molecular formula is C10H14O. The Kier molecular flexibility index (Phi) is 2.28. The fraction of sp³-hybridized carbons (Fsp3) is 0.500. The van der Waals surface area contributed by atoms with Crippen molar-refractivity contribution in [2.24, 2.45) is 5.92 Å². The van der Waals surface area contributed by atoms with Crippen LogP contribution in [0.4, 0.5) is 0 Å². The molecule has 1 aliphatic carbocycles. The molecule has 1 atom stereocenters. The first kappa shape index (κ1) is 8.25. The lowest BCUT2D eigenvalue weighted by atomic mass is 9.83. The molecule has 0 saturated carbocycles. The normalized spacial score (nSPS) is 25.6. The van der Waals surface area contributed by atoms with E-state index in [-0.39, 0.29) is 0 Å². The number of allylic oxidation sites excluding steroid dienone is 3. The van der Waals surface area contributed by atoms with Crippen LogP contribution < -0.4 is 0 Å². The lowest BCUT2D eigenvalue weighted by Crippen LogP contribution is -2.09. The van der Waals surface area contributed by atoms with Gasteiger partial charge in [-0.2, -0.15) is 0 Å². The smallest absolute Gasteiger partial charge is 0.145 e. The van der Waals surface area contributed by atoms with E-state index in [0.29, 0.717) is 5.92 Å². The largest absolute Gasteiger partial charge is 0.298 e. The van der Waals surface area contributed by atoms with Gasteiger partial charge in [-0.1, -0.05) is 24.6 Å². The summed E-state index contributed by atoms with van der Waals surface area (Å²) in [4.78, 5) is 10.5. The Hall–Kier alpha value is -0.850. The fourth-order valence-corrected chi connectivity index (χ4v) is 1.43. The summed E-state index contributed by atoms with van der Waals surface area (Å²) in [6, 6.07) is 0. The molecule has 0 aromatic heterocycles. The second-order valence-electron chi connectivity index (χ2n) is 3.36. The number of hydrogen-bond donors (Lipinski definition) is 0. The molecule has 11 heavy (non-hydrogen) atoms. The molecule has 0 fully saturated rings. The molecule has 0 bridgehead atoms. The van der Waals surface area contributed by atoms with Gasteiger partial charge in [-0.15, -0.1) is 0 Å². The highest BCUT2D eigenvalue weighted by atomic mass is 16.1. The van der Waals surface area contributed by atoms with E-state index in [0.717, 1.165) is 24.7 Å². The predicted octanol–water partition coefficient (Wildman–Crippen LogP) is 2.49. The minimum atomic E-state index is 0.485. The monoisotopic (exact) mass is 150 g/mol. The highest BCUT2D eigenvalue weighted by Gasteiger charge is 2.17. The topological polar surface area (TPSA) is 17.1 Å². The molecule has 0 radical (unpaired) electrons. The Balaban J connectivity index is 2.87. The molecule has 0 saturated heterocycles. The molecule has 0 N–H and O–H groups in total. The van der Waals surface area contributed by atoms with Gasteiger partial charge in [0.05, 0.1) is 0 Å². The van der Waals surface area contributed by atoms with Crippen molar-refractivity contribution >= 4 is 6.29 Å². The third kappa shape index (κ3) is 1.59. The highest BCUT2D eigenvalue weighted by molar-refractivity contribution is 5.75. The Bertz CT molecular complexity index is 223. The van der Waals surface area contributed by atoms with Crippen LogP contribution in [0.5, 0.6) is 0 Å². The number of hydrogen-bond acceptors (Lipinski definition) is 1. The molecule has 0 unspecified atom stereocenters. The molecule has 1 heteroatoms. The lowest BCUT2D eigenvalue weighted by molar-refractivity contribution is -0.105. The van der Waals surface area contributed by atoms with Crippen LogP contribution in [0.2, 0.25) is 0 Å². The van der Waals surface area contributed by atoms with Gasteiger partial charge in [-0.25, -0.2) is 0 Å². The van der Waals surface area contributed by atoms with E-state index < -0.39 is 0 Å². The van der Waals surface area contributed by atoms with E-state index in [1.807, 2.05) is 6.92 Å². The quantitative estimate of drug-likeness (QED) is 0.414. The molecule has 0 spiro atoms. The molecule has 1 rings (SSSR count). The molecule has 0 aliphatic heterocycles. The minimum Gasteiger partial charge on any atom is -0.298 e. The molecule has 1 nitrogen and oxygen atoms in total. The number of carbonyl (C=O) groups excluding carboxylic acids is 1. The SMILES string of the molecule is C=C1CC(C)=C(C=O)C[C@H]1C. The van der Waals surface area contributed by atoms with Gasteiger partial charge in [0.1, 0.15) is 6.29 Å². The Morgan fingerprint density at radius 2 is 2.27 bits per heavy atom. The third-order valence-corrected chi connectivity index (χ3v) is 2.41. The van der Waals surface area contributed by atoms with Crippen LogP contribution in [0.25, 0.3) is 0 Å². The summed E-state index contributed by atoms with van der Waals surface area (Å²) in [7, 11) is 0. The van der Waals surface area contributed by atoms with Gasteiger partial charge in [-0.05, 0) is 31.3 Å². The standard InChI is InChI=1S/C10H14O/c1-7-4-9(3)10(6-11)5-8(7)2/h6,8H,1,4-5H2,2-3H3/t8-/m1/s1. The highest BCUT2D eigenvalue weighted by Crippen LogP contribution is 2.30. The molecule has 60 valence electrons. The van der Waals surface area contributed by atoms with Crippen molar-refractivity contribution in [2.75, 3.05) is 0 Å². The lowest BCUT2D eigenvalue weighted by Gasteiger charge is -2.22. The van der Waals surface area contributed by atoms with E-state index in [1.54, 1.807) is 0 Å². The van der Waals surface area contributed by atoms with Gasteiger partial charge in [0.15, 0.2) is 0 Å². The van der Waals surface area contributed by atoms with E-state index in [2.05, 4.69) is 13.5 Å². The average molecular weight is 150 g/mol. The first-order valence-electron chi connectivity index (χ1n) is 3.96. The van der Waals surface area contributed by atoms with Gasteiger partial charge in [0.25, 0.3) is 0 Å². The van der Waals surface area contributed by atoms with Crippen molar-refractivity contribution in [3.8, 4) is 0 Å². The van der Waals surface area contributed by atoms with Crippen LogP contribution in [0.1, 0.15) is 26.7 Å². The summed E-state index contributed by atoms with van der Waals surface area (Å²) in [6.07, 6.45) is 2.78. The summed E-state index contributed by atoms with van der Waals surface area (Å²) in [5.74, 6) is 0.485. The van der Waals surface area contributed by atoms with Crippen LogP contribution in [-0.4, -0.2) is 6.29 Å². The summed E-state index contributed by atoms with van der Waals surface area (Å²) < 4.78 is 0. The summed E-state index contributed by atoms with van der Waals surface area (Å²) in [5, 5.41) is 0. The minimum absolute atomic E-state index is 0.485. The first-order chi connectivity index (χ1) is 5.15. The van der Waals surface area contributed by atoms with Crippen molar-refractivity contribution < 1.29 is 4.79 Å². The van der Waals surface area contributed by atoms with Crippen LogP contribution in [-0.2, 0) is 4.79 Å². The third-order valence-electron chi connectivity index (χ3n) is 2.41. The summed E-state index contributed by atoms with van der Waals surface area (Å²) >= 11 is 0.